The van der Waals surface area contributed by atoms with Crippen LogP contribution in [0.2, 0.25) is 0 Å². The number of aromatic nitrogens is 19. The van der Waals surface area contributed by atoms with Gasteiger partial charge in [0.1, 0.15) is 49.6 Å². The molecule has 0 unspecified atom stereocenters. The zero-order valence-electron chi connectivity index (χ0n) is 67.0. The molecule has 12 heterocycles. The summed E-state index contributed by atoms with van der Waals surface area (Å²) < 4.78 is 28.0. The Morgan fingerprint density at radius 1 is 0.412 bits per heavy atom. The number of likely N-dealkylation sites (N-methyl/N-ethyl adjacent to an activating group) is 1. The molecule has 4 aliphatic rings. The number of nitrogens with one attached hydrogen (secondary N) is 7. The highest BCUT2D eigenvalue weighted by Gasteiger charge is 2.24. The van der Waals surface area contributed by atoms with Crippen LogP contribution >= 0.6 is 0 Å². The lowest BCUT2D eigenvalue weighted by Gasteiger charge is -2.33. The van der Waals surface area contributed by atoms with E-state index in [4.69, 9.17) is 47.0 Å². The Bertz CT molecular complexity index is 4970. The number of ether oxygens (including phenoxy) is 4. The fourth-order valence-corrected chi connectivity index (χ4v) is 13.0. The molecule has 0 aliphatic carbocycles. The van der Waals surface area contributed by atoms with Crippen LogP contribution in [-0.4, -0.2) is 252 Å². The van der Waals surface area contributed by atoms with Crippen LogP contribution in [0.1, 0.15) is 40.5 Å². The van der Waals surface area contributed by atoms with Crippen molar-refractivity contribution in [2.45, 2.75) is 52.6 Å². The third-order valence-electron chi connectivity index (χ3n) is 18.9. The number of benzene rings is 4. The monoisotopic (exact) mass is 1630 g/mol. The number of hydrogen-bond donors (Lipinski definition) is 14. The fraction of sp³-hybridized carbons (Fsp3) is 0.372. The molecule has 4 aromatic carbocycles. The maximum absolute atomic E-state index is 9.63. The van der Waals surface area contributed by atoms with E-state index in [-0.39, 0.29) is 55.7 Å². The normalized spacial score (nSPS) is 14.5. The summed E-state index contributed by atoms with van der Waals surface area (Å²) in [5.74, 6) is 8.72. The van der Waals surface area contributed by atoms with Crippen LogP contribution in [0.25, 0.3) is 23.3 Å². The van der Waals surface area contributed by atoms with Crippen molar-refractivity contribution in [1.29, 1.82) is 0 Å². The number of nitrogens with zero attached hydrogens (tertiary/aromatic N) is 23. The first kappa shape index (κ1) is 83.3. The highest BCUT2D eigenvalue weighted by molar-refractivity contribution is 5.69. The lowest BCUT2D eigenvalue weighted by atomic mass is 10.0. The summed E-state index contributed by atoms with van der Waals surface area (Å²) in [4.78, 5) is 56.2. The Morgan fingerprint density at radius 2 is 0.840 bits per heavy atom. The van der Waals surface area contributed by atoms with Crippen LogP contribution in [0.15, 0.2) is 153 Å². The largest absolute Gasteiger partial charge is 0.486 e. The Hall–Kier alpha value is -13.6. The van der Waals surface area contributed by atoms with Gasteiger partial charge in [0, 0.05) is 117 Å². The number of nitrogens with two attached hydrogens (primary N) is 4. The smallest absolute Gasteiger partial charge is 0.249 e. The van der Waals surface area contributed by atoms with Crippen molar-refractivity contribution in [3.8, 4) is 34.8 Å². The third kappa shape index (κ3) is 23.2. The molecule has 18 N–H and O–H groups in total. The molecule has 0 radical (unpaired) electrons. The number of aliphatic hydroxyl groups is 3. The van der Waals surface area contributed by atoms with Gasteiger partial charge in [0.15, 0.2) is 34.8 Å². The molecule has 12 aromatic rings. The van der Waals surface area contributed by atoms with Gasteiger partial charge in [0.05, 0.1) is 64.0 Å². The van der Waals surface area contributed by atoms with Crippen molar-refractivity contribution in [2.75, 3.05) is 200 Å². The third-order valence-corrected chi connectivity index (χ3v) is 18.9. The predicted octanol–water partition coefficient (Wildman–Crippen LogP) is 6.38. The molecule has 41 heteroatoms. The lowest BCUT2D eigenvalue weighted by Crippen LogP contribution is -2.44. The highest BCUT2D eigenvalue weighted by Crippen LogP contribution is 2.39. The summed E-state index contributed by atoms with van der Waals surface area (Å²) in [6.07, 6.45) is 7.69. The summed E-state index contributed by atoms with van der Waals surface area (Å²) in [5.41, 5.74) is 30.7. The molecule has 0 saturated carbocycles. The number of morpholine rings is 2. The molecule has 0 bridgehead atoms. The number of anilines is 18. The van der Waals surface area contributed by atoms with E-state index in [9.17, 15) is 10.2 Å². The van der Waals surface area contributed by atoms with Gasteiger partial charge in [-0.05, 0) is 129 Å². The topological polar surface area (TPSA) is 512 Å². The molecular weight excluding hydrogens is 1530 g/mol. The van der Waals surface area contributed by atoms with Gasteiger partial charge >= 0.3 is 0 Å². The van der Waals surface area contributed by atoms with Crippen molar-refractivity contribution < 1.29 is 34.3 Å². The van der Waals surface area contributed by atoms with Gasteiger partial charge < -0.3 is 114 Å². The average molecular weight is 1630 g/mol. The number of nitrogen functional groups attached to an aromatic ring is 4. The molecule has 0 spiro atoms. The molecular formula is C78H102N34O7. The maximum atomic E-state index is 9.63. The van der Waals surface area contributed by atoms with Crippen molar-refractivity contribution in [1.82, 2.24) is 98.8 Å². The summed E-state index contributed by atoms with van der Waals surface area (Å²) in [6.45, 7) is 20.4. The van der Waals surface area contributed by atoms with E-state index in [1.54, 1.807) is 24.4 Å². The number of fused-ring (bicyclic) bond motifs is 1. The molecule has 8 aromatic heterocycles. The first-order chi connectivity index (χ1) is 58.0. The molecule has 4 aliphatic heterocycles. The zero-order valence-corrected chi connectivity index (χ0v) is 67.0. The Balaban J connectivity index is 0.000000138. The Kier molecular flexibility index (Phi) is 28.6. The van der Waals surface area contributed by atoms with E-state index in [2.05, 4.69) is 191 Å². The zero-order chi connectivity index (χ0) is 83.0. The molecule has 3 fully saturated rings. The maximum Gasteiger partial charge on any atom is 0.249 e. The van der Waals surface area contributed by atoms with Crippen molar-refractivity contribution in [3.05, 3.63) is 153 Å². The van der Waals surface area contributed by atoms with Gasteiger partial charge in [0.2, 0.25) is 47.6 Å². The number of piperazine rings is 1. The van der Waals surface area contributed by atoms with Gasteiger partial charge in [-0.25, -0.2) is 34.9 Å². The van der Waals surface area contributed by atoms with Crippen LogP contribution < -0.4 is 84.3 Å². The SMILES string of the molecule is CC(C)C[C@@H](CO)Nc1cc(-n2nc(Nc3ccc(N4CCOCC4)cc3)nc2N)ncn1.CC(C)C[C@H](CO)Nc1cc(-n2nc(Nc3ccc(N4CCOCC4)cc3)nc2N)ncn1.CN1CCN(c2cc(-n3nc(Nc4cccc5c4OCCO5)nc3N)ncn2)CC1.Nc1nc(Nc2ccc(NCCO)cc2)nn1-c1ccccn1. The molecule has 0 amide bonds. The first-order valence-corrected chi connectivity index (χ1v) is 39.2. The number of aliphatic hydroxyl groups excluding tert-OH is 3. The minimum atomic E-state index is -0.0986. The number of rotatable bonds is 28. The molecule has 16 rings (SSSR count). The summed E-state index contributed by atoms with van der Waals surface area (Å²) in [7, 11) is 2.12. The predicted molar refractivity (Wildman–Crippen MR) is 457 cm³/mol. The molecule has 41 nitrogen and oxygen atoms in total. The minimum absolute atomic E-state index is 0.0153. The first-order valence-electron chi connectivity index (χ1n) is 39.2. The molecule has 119 heavy (non-hydrogen) atoms. The second-order valence-electron chi connectivity index (χ2n) is 28.7. The fourth-order valence-electron chi connectivity index (χ4n) is 13.0. The van der Waals surface area contributed by atoms with Crippen LogP contribution in [-0.2, 0) is 9.47 Å². The Labute approximate surface area is 687 Å². The van der Waals surface area contributed by atoms with Crippen molar-refractivity contribution >= 4 is 105 Å². The van der Waals surface area contributed by atoms with Crippen LogP contribution in [0, 0.1) is 11.8 Å². The van der Waals surface area contributed by atoms with E-state index in [0.717, 1.165) is 132 Å². The Morgan fingerprint density at radius 3 is 1.29 bits per heavy atom. The molecule has 626 valence electrons. The van der Waals surface area contributed by atoms with E-state index in [0.29, 0.717) is 107 Å². The number of para-hydroxylation sites is 1. The molecule has 3 saturated heterocycles. The summed E-state index contributed by atoms with van der Waals surface area (Å²) >= 11 is 0. The summed E-state index contributed by atoms with van der Waals surface area (Å²) in [6, 6.07) is 40.0. The number of pyridine rings is 1. The van der Waals surface area contributed by atoms with Gasteiger partial charge in [-0.15, -0.1) is 20.4 Å². The van der Waals surface area contributed by atoms with Gasteiger partial charge in [-0.2, -0.15) is 38.7 Å². The van der Waals surface area contributed by atoms with Gasteiger partial charge in [-0.1, -0.05) is 39.8 Å². The van der Waals surface area contributed by atoms with E-state index in [1.165, 1.54) is 37.7 Å². The van der Waals surface area contributed by atoms with E-state index < -0.39 is 0 Å². The van der Waals surface area contributed by atoms with Gasteiger partial charge in [0.25, 0.3) is 0 Å². The van der Waals surface area contributed by atoms with Crippen LogP contribution in [0.5, 0.6) is 11.5 Å². The summed E-state index contributed by atoms with van der Waals surface area (Å²) in [5, 5.41) is 67.9. The molecule has 2 atom stereocenters. The highest BCUT2D eigenvalue weighted by atomic mass is 16.6. The lowest BCUT2D eigenvalue weighted by molar-refractivity contribution is 0.122. The average Bonchev–Trinajstić information content (AvgIpc) is 1.73. The van der Waals surface area contributed by atoms with Crippen molar-refractivity contribution in [3.63, 3.8) is 0 Å². The van der Waals surface area contributed by atoms with E-state index >= 15 is 0 Å². The van der Waals surface area contributed by atoms with Crippen LogP contribution in [0.3, 0.4) is 0 Å². The van der Waals surface area contributed by atoms with Crippen LogP contribution in [0.4, 0.5) is 105 Å². The number of hydrogen-bond acceptors (Lipinski definition) is 37. The second kappa shape index (κ2) is 40.8. The van der Waals surface area contributed by atoms with Gasteiger partial charge in [-0.3, -0.25) is 0 Å². The second-order valence-corrected chi connectivity index (χ2v) is 28.7. The minimum Gasteiger partial charge on any atom is -0.486 e. The quantitative estimate of drug-likeness (QED) is 0.0253. The van der Waals surface area contributed by atoms with E-state index in [1.807, 2.05) is 84.9 Å². The van der Waals surface area contributed by atoms with Crippen molar-refractivity contribution in [2.24, 2.45) is 11.8 Å². The standard InChI is InChI=1S/2C22H31N9O2.C19H23N9O2.C15H17N7O/c2*1-15(2)11-17(13-32)26-19-12-20(25-14-24-19)31-21(23)28-22(29-31)27-16-3-5-18(6-4-16)30-7-9-33-10-8-30;1-26-5-7-27(8-6-26)15-11-16(22-12-21-15)28-18(20)24-19(25-28)23-13-3-2-4-14-17(13)30-10-9-29-14;16-14-20-15(21-22(14)13-3-1-2-8-18-13)19-12-6-4-11(5-7-12)17-9-10-23/h2*3-6,12,14-15,17,32H,7-11,13H2,1-2H3,(H,24,25,26)(H3,23,27,28,29);2-4,11-12H,5-10H2,1H3,(H3,20,23,24,25);1-8,17,23H,9-10H2,(H3,16,19,20,21)/t2*17-;;/m10../s1.